The van der Waals surface area contributed by atoms with Gasteiger partial charge in [0.2, 0.25) is 11.8 Å². The van der Waals surface area contributed by atoms with Crippen molar-refractivity contribution in [1.82, 2.24) is 10.2 Å². The van der Waals surface area contributed by atoms with Crippen LogP contribution in [-0.4, -0.2) is 51.4 Å². The normalized spacial score (nSPS) is 11.8. The summed E-state index contributed by atoms with van der Waals surface area (Å²) in [7, 11) is -2.74. The Bertz CT molecular complexity index is 1720. The molecule has 4 rings (SSSR count). The van der Waals surface area contributed by atoms with E-state index in [4.69, 9.17) is 27.9 Å². The molecule has 0 aliphatic rings. The smallest absolute Gasteiger partial charge is 0.264 e. The van der Waals surface area contributed by atoms with Crippen LogP contribution in [0.2, 0.25) is 10.0 Å². The number of carbonyl (C=O) groups excluding carboxylic acids is 2. The molecule has 4 aromatic rings. The second-order valence-corrected chi connectivity index (χ2v) is 13.3. The predicted molar refractivity (Wildman–Crippen MR) is 183 cm³/mol. The van der Waals surface area contributed by atoms with Crippen LogP contribution < -0.4 is 14.4 Å². The molecule has 0 aliphatic carbocycles. The topological polar surface area (TPSA) is 96.0 Å². The van der Waals surface area contributed by atoms with Gasteiger partial charge in [-0.25, -0.2) is 8.42 Å². The van der Waals surface area contributed by atoms with Crippen LogP contribution in [0.3, 0.4) is 0 Å². The van der Waals surface area contributed by atoms with Crippen molar-refractivity contribution >= 4 is 50.7 Å². The van der Waals surface area contributed by atoms with Gasteiger partial charge >= 0.3 is 0 Å². The van der Waals surface area contributed by atoms with E-state index in [0.29, 0.717) is 22.9 Å². The van der Waals surface area contributed by atoms with Crippen LogP contribution in [0.5, 0.6) is 5.75 Å². The first-order valence-corrected chi connectivity index (χ1v) is 17.1. The van der Waals surface area contributed by atoms with Crippen LogP contribution in [-0.2, 0) is 32.6 Å². The van der Waals surface area contributed by atoms with Crippen molar-refractivity contribution in [3.05, 3.63) is 124 Å². The fraction of sp³-hybridized carbons (Fsp3) is 0.257. The molecule has 0 saturated heterocycles. The molecule has 0 heterocycles. The van der Waals surface area contributed by atoms with Gasteiger partial charge in [0.25, 0.3) is 10.0 Å². The Balaban J connectivity index is 1.81. The van der Waals surface area contributed by atoms with Crippen molar-refractivity contribution in [1.29, 1.82) is 0 Å². The number of nitrogens with one attached hydrogen (secondary N) is 1. The lowest BCUT2D eigenvalue weighted by Gasteiger charge is -2.34. The van der Waals surface area contributed by atoms with E-state index in [1.165, 1.54) is 35.2 Å². The van der Waals surface area contributed by atoms with Crippen molar-refractivity contribution in [2.75, 3.05) is 24.5 Å². The molecule has 0 spiro atoms. The minimum Gasteiger partial charge on any atom is -0.497 e. The molecule has 4 aromatic carbocycles. The van der Waals surface area contributed by atoms with Crippen LogP contribution in [0.25, 0.3) is 0 Å². The molecule has 0 bridgehead atoms. The van der Waals surface area contributed by atoms with Crippen LogP contribution in [0.1, 0.15) is 30.9 Å². The molecular formula is C35H37Cl2N3O5S. The summed E-state index contributed by atoms with van der Waals surface area (Å²) in [6, 6.07) is 27.8. The third-order valence-corrected chi connectivity index (χ3v) is 9.69. The van der Waals surface area contributed by atoms with Gasteiger partial charge in [0, 0.05) is 24.5 Å². The average Bonchev–Trinajstić information content (AvgIpc) is 3.06. The zero-order chi connectivity index (χ0) is 33.1. The Labute approximate surface area is 280 Å². The van der Waals surface area contributed by atoms with Crippen molar-refractivity contribution in [3.8, 4) is 5.75 Å². The van der Waals surface area contributed by atoms with E-state index in [9.17, 15) is 18.0 Å². The van der Waals surface area contributed by atoms with Crippen molar-refractivity contribution in [2.24, 2.45) is 0 Å². The number of carbonyl (C=O) groups is 2. The van der Waals surface area contributed by atoms with E-state index in [-0.39, 0.29) is 34.5 Å². The summed E-state index contributed by atoms with van der Waals surface area (Å²) in [5, 5.41) is 3.34. The number of ether oxygens (including phenoxy) is 1. The number of hydrogen-bond donors (Lipinski definition) is 1. The maximum absolute atomic E-state index is 14.5. The summed E-state index contributed by atoms with van der Waals surface area (Å²) >= 11 is 12.7. The fourth-order valence-electron chi connectivity index (χ4n) is 4.94. The second kappa shape index (κ2) is 16.5. The minimum absolute atomic E-state index is 0.0162. The molecule has 0 saturated carbocycles. The Morgan fingerprint density at radius 2 is 1.54 bits per heavy atom. The lowest BCUT2D eigenvalue weighted by molar-refractivity contribution is -0.140. The molecule has 0 aromatic heterocycles. The number of nitrogens with zero attached hydrogens (tertiary/aromatic N) is 2. The van der Waals surface area contributed by atoms with Crippen molar-refractivity contribution in [2.45, 2.75) is 43.7 Å². The molecule has 1 N–H and O–H groups in total. The van der Waals surface area contributed by atoms with Gasteiger partial charge in [-0.1, -0.05) is 97.2 Å². The first kappa shape index (κ1) is 34.8. The molecule has 46 heavy (non-hydrogen) atoms. The molecule has 242 valence electrons. The fourth-order valence-corrected chi connectivity index (χ4v) is 6.96. The average molecular weight is 683 g/mol. The largest absolute Gasteiger partial charge is 0.497 e. The predicted octanol–water partition coefficient (Wildman–Crippen LogP) is 6.75. The number of amides is 2. The van der Waals surface area contributed by atoms with Gasteiger partial charge in [-0.15, -0.1) is 0 Å². The van der Waals surface area contributed by atoms with Crippen molar-refractivity contribution < 1.29 is 22.7 Å². The molecular weight excluding hydrogens is 645 g/mol. The summed E-state index contributed by atoms with van der Waals surface area (Å²) in [5.74, 6) is -0.353. The molecule has 0 aliphatic heterocycles. The van der Waals surface area contributed by atoms with Crippen molar-refractivity contribution in [3.63, 3.8) is 0 Å². The monoisotopic (exact) mass is 681 g/mol. The highest BCUT2D eigenvalue weighted by Gasteiger charge is 2.35. The number of halogens is 2. The van der Waals surface area contributed by atoms with E-state index in [2.05, 4.69) is 5.32 Å². The lowest BCUT2D eigenvalue weighted by atomic mass is 10.0. The SMILES string of the molecule is CCCCNC(=O)[C@H](Cc1ccccc1)N(Cc1cccc(OC)c1)C(=O)CN(c1ccc(Cl)cc1Cl)S(=O)(=O)c1ccccc1. The molecule has 8 nitrogen and oxygen atoms in total. The Morgan fingerprint density at radius 3 is 2.20 bits per heavy atom. The Kier molecular flexibility index (Phi) is 12.5. The van der Waals surface area contributed by atoms with Gasteiger partial charge in [0.05, 0.1) is 22.7 Å². The third kappa shape index (κ3) is 9.02. The van der Waals surface area contributed by atoms with E-state index >= 15 is 0 Å². The number of unbranched alkanes of at least 4 members (excludes halogenated alkanes) is 1. The van der Waals surface area contributed by atoms with E-state index < -0.39 is 28.5 Å². The summed E-state index contributed by atoms with van der Waals surface area (Å²) < 4.78 is 34.6. The molecule has 0 radical (unpaired) electrons. The van der Waals surface area contributed by atoms with Crippen LogP contribution in [0.15, 0.2) is 108 Å². The third-order valence-electron chi connectivity index (χ3n) is 7.38. The Hall–Kier alpha value is -4.05. The summed E-state index contributed by atoms with van der Waals surface area (Å²) in [6.45, 7) is 1.85. The number of rotatable bonds is 15. The quantitative estimate of drug-likeness (QED) is 0.140. The van der Waals surface area contributed by atoms with E-state index in [1.54, 1.807) is 43.5 Å². The molecule has 11 heteroatoms. The standard InChI is InChI=1S/C35H37Cl2N3O5S/c1-3-4-20-38-35(42)33(22-26-12-7-5-8-13-26)39(24-27-14-11-15-29(21-27)45-2)34(41)25-40(32-19-18-28(36)23-31(32)37)46(43,44)30-16-9-6-10-17-30/h5-19,21,23,33H,3-4,20,22,24-25H2,1-2H3,(H,38,42)/t33-/m0/s1. The van der Waals surface area contributed by atoms with E-state index in [0.717, 1.165) is 22.7 Å². The first-order valence-electron chi connectivity index (χ1n) is 14.9. The second-order valence-electron chi connectivity index (χ2n) is 10.6. The summed E-state index contributed by atoms with van der Waals surface area (Å²) in [4.78, 5) is 29.8. The maximum atomic E-state index is 14.5. The molecule has 0 unspecified atom stereocenters. The first-order chi connectivity index (χ1) is 22.1. The molecule has 1 atom stereocenters. The van der Waals surface area contributed by atoms with Gasteiger partial charge in [0.1, 0.15) is 18.3 Å². The van der Waals surface area contributed by atoms with Crippen LogP contribution in [0.4, 0.5) is 5.69 Å². The highest BCUT2D eigenvalue weighted by Crippen LogP contribution is 2.33. The zero-order valence-corrected chi connectivity index (χ0v) is 28.1. The highest BCUT2D eigenvalue weighted by atomic mass is 35.5. The van der Waals surface area contributed by atoms with Gasteiger partial charge in [-0.3, -0.25) is 13.9 Å². The van der Waals surface area contributed by atoms with E-state index in [1.807, 2.05) is 43.3 Å². The maximum Gasteiger partial charge on any atom is 0.264 e. The van der Waals surface area contributed by atoms with Gasteiger partial charge in [-0.2, -0.15) is 0 Å². The number of anilines is 1. The van der Waals surface area contributed by atoms with Gasteiger partial charge < -0.3 is 15.0 Å². The summed E-state index contributed by atoms with van der Waals surface area (Å²) in [6.07, 6.45) is 1.86. The minimum atomic E-state index is -4.29. The number of hydrogen-bond acceptors (Lipinski definition) is 5. The molecule has 2 amide bonds. The van der Waals surface area contributed by atoms with Gasteiger partial charge in [-0.05, 0) is 60.0 Å². The molecule has 0 fully saturated rings. The lowest BCUT2D eigenvalue weighted by Crippen LogP contribution is -2.53. The zero-order valence-electron chi connectivity index (χ0n) is 25.7. The highest BCUT2D eigenvalue weighted by molar-refractivity contribution is 7.92. The number of sulfonamides is 1. The number of methoxy groups -OCH3 is 1. The van der Waals surface area contributed by atoms with Gasteiger partial charge in [0.15, 0.2) is 0 Å². The van der Waals surface area contributed by atoms with Crippen LogP contribution >= 0.6 is 23.2 Å². The van der Waals surface area contributed by atoms with Crippen LogP contribution in [0, 0.1) is 0 Å². The summed E-state index contributed by atoms with van der Waals surface area (Å²) in [5.41, 5.74) is 1.63. The Morgan fingerprint density at radius 1 is 0.870 bits per heavy atom. The number of benzene rings is 4.